The zero-order valence-electron chi connectivity index (χ0n) is 12.6. The number of nitrogens with one attached hydrogen (secondary N) is 1. The van der Waals surface area contributed by atoms with E-state index >= 15 is 0 Å². The fourth-order valence-corrected chi connectivity index (χ4v) is 3.14. The lowest BCUT2D eigenvalue weighted by atomic mass is 10.0. The van der Waals surface area contributed by atoms with Crippen LogP contribution in [0.1, 0.15) is 23.0 Å². The third-order valence-corrected chi connectivity index (χ3v) is 4.80. The Hall–Kier alpha value is -1.04. The molecular formula is C15H19BrClN3O. The number of rotatable bonds is 5. The molecule has 1 N–H and O–H groups in total. The molecule has 1 aromatic heterocycles. The highest BCUT2D eigenvalue weighted by Gasteiger charge is 2.19. The van der Waals surface area contributed by atoms with E-state index in [0.717, 1.165) is 38.6 Å². The Morgan fingerprint density at radius 1 is 1.48 bits per heavy atom. The molecule has 1 atom stereocenters. The number of benzene rings is 1. The zero-order valence-corrected chi connectivity index (χ0v) is 14.9. The van der Waals surface area contributed by atoms with Gasteiger partial charge >= 0.3 is 0 Å². The van der Waals surface area contributed by atoms with Crippen LogP contribution in [0, 0.1) is 6.92 Å². The first-order valence-corrected chi connectivity index (χ1v) is 7.83. The molecule has 114 valence electrons. The SMILES string of the molecule is CNC(Cc1c(Cl)c(C)nn1C)c1cc(OC)ccc1Br. The first kappa shape index (κ1) is 16.3. The summed E-state index contributed by atoms with van der Waals surface area (Å²) < 4.78 is 8.20. The van der Waals surface area contributed by atoms with E-state index in [-0.39, 0.29) is 6.04 Å². The first-order valence-electron chi connectivity index (χ1n) is 6.66. The quantitative estimate of drug-likeness (QED) is 0.870. The van der Waals surface area contributed by atoms with Gasteiger partial charge in [-0.05, 0) is 37.7 Å². The van der Waals surface area contributed by atoms with Crippen LogP contribution in [0.25, 0.3) is 0 Å². The number of hydrogen-bond acceptors (Lipinski definition) is 3. The van der Waals surface area contributed by atoms with Crippen LogP contribution in [0.4, 0.5) is 0 Å². The summed E-state index contributed by atoms with van der Waals surface area (Å²) in [7, 11) is 5.53. The molecule has 0 spiro atoms. The van der Waals surface area contributed by atoms with Crippen molar-refractivity contribution in [1.29, 1.82) is 0 Å². The van der Waals surface area contributed by atoms with Crippen LogP contribution in [0.2, 0.25) is 5.02 Å². The van der Waals surface area contributed by atoms with E-state index in [9.17, 15) is 0 Å². The summed E-state index contributed by atoms with van der Waals surface area (Å²) in [5, 5.41) is 8.44. The molecule has 6 heteroatoms. The predicted molar refractivity (Wildman–Crippen MR) is 89.2 cm³/mol. The van der Waals surface area contributed by atoms with Crippen LogP contribution >= 0.6 is 27.5 Å². The molecule has 21 heavy (non-hydrogen) atoms. The second-order valence-corrected chi connectivity index (χ2v) is 6.13. The van der Waals surface area contributed by atoms with E-state index < -0.39 is 0 Å². The standard InChI is InChI=1S/C15H19BrClN3O/c1-9-15(17)14(20(3)19-9)8-13(18-2)11-7-10(21-4)5-6-12(11)16/h5-7,13,18H,8H2,1-4H3. The van der Waals surface area contributed by atoms with E-state index in [1.807, 2.05) is 43.9 Å². The topological polar surface area (TPSA) is 39.1 Å². The van der Waals surface area contributed by atoms with Gasteiger partial charge in [0, 0.05) is 24.0 Å². The van der Waals surface area contributed by atoms with Gasteiger partial charge in [0.1, 0.15) is 5.75 Å². The molecule has 0 bridgehead atoms. The molecule has 2 rings (SSSR count). The number of aromatic nitrogens is 2. The van der Waals surface area contributed by atoms with Crippen molar-refractivity contribution in [2.45, 2.75) is 19.4 Å². The molecule has 0 aliphatic heterocycles. The number of hydrogen-bond donors (Lipinski definition) is 1. The summed E-state index contributed by atoms with van der Waals surface area (Å²) in [6, 6.07) is 6.07. The van der Waals surface area contributed by atoms with Crippen LogP contribution < -0.4 is 10.1 Å². The van der Waals surface area contributed by atoms with Gasteiger partial charge in [-0.3, -0.25) is 4.68 Å². The Bertz CT molecular complexity index is 642. The maximum absolute atomic E-state index is 6.35. The van der Waals surface area contributed by atoms with Crippen LogP contribution in [-0.2, 0) is 13.5 Å². The van der Waals surface area contributed by atoms with Crippen LogP contribution in [0.5, 0.6) is 5.75 Å². The molecule has 1 heterocycles. The highest BCUT2D eigenvalue weighted by molar-refractivity contribution is 9.10. The number of ether oxygens (including phenoxy) is 1. The van der Waals surface area contributed by atoms with Crippen molar-refractivity contribution in [1.82, 2.24) is 15.1 Å². The Morgan fingerprint density at radius 3 is 2.71 bits per heavy atom. The summed E-state index contributed by atoms with van der Waals surface area (Å²) in [4.78, 5) is 0. The number of likely N-dealkylation sites (N-methyl/N-ethyl adjacent to an activating group) is 1. The van der Waals surface area contributed by atoms with Gasteiger partial charge < -0.3 is 10.1 Å². The second-order valence-electron chi connectivity index (χ2n) is 4.90. The lowest BCUT2D eigenvalue weighted by molar-refractivity contribution is 0.413. The summed E-state index contributed by atoms with van der Waals surface area (Å²) in [5.41, 5.74) is 3.00. The van der Waals surface area contributed by atoms with Gasteiger partial charge in [0.05, 0.1) is 23.5 Å². The minimum absolute atomic E-state index is 0.113. The number of nitrogens with zero attached hydrogens (tertiary/aromatic N) is 2. The summed E-state index contributed by atoms with van der Waals surface area (Å²) in [6.45, 7) is 1.92. The molecule has 1 unspecified atom stereocenters. The average molecular weight is 373 g/mol. The lowest BCUT2D eigenvalue weighted by Gasteiger charge is -2.19. The van der Waals surface area contributed by atoms with Crippen molar-refractivity contribution in [2.75, 3.05) is 14.2 Å². The third kappa shape index (κ3) is 3.42. The summed E-state index contributed by atoms with van der Waals surface area (Å²) in [5.74, 6) is 0.834. The van der Waals surface area contributed by atoms with E-state index in [1.165, 1.54) is 0 Å². The van der Waals surface area contributed by atoms with Crippen molar-refractivity contribution in [3.63, 3.8) is 0 Å². The molecule has 2 aromatic rings. The van der Waals surface area contributed by atoms with Crippen molar-refractivity contribution in [3.05, 3.63) is 44.6 Å². The smallest absolute Gasteiger partial charge is 0.119 e. The average Bonchev–Trinajstić information content (AvgIpc) is 2.71. The summed E-state index contributed by atoms with van der Waals surface area (Å²) in [6.07, 6.45) is 0.748. The van der Waals surface area contributed by atoms with Crippen LogP contribution in [0.15, 0.2) is 22.7 Å². The molecule has 0 aliphatic carbocycles. The molecule has 0 saturated heterocycles. The van der Waals surface area contributed by atoms with E-state index in [1.54, 1.807) is 7.11 Å². The molecule has 0 aliphatic rings. The van der Waals surface area contributed by atoms with Crippen LogP contribution in [-0.4, -0.2) is 23.9 Å². The zero-order chi connectivity index (χ0) is 15.6. The van der Waals surface area contributed by atoms with Gasteiger partial charge in [-0.1, -0.05) is 27.5 Å². The maximum atomic E-state index is 6.35. The number of aryl methyl sites for hydroxylation is 2. The molecule has 0 fully saturated rings. The van der Waals surface area contributed by atoms with Gasteiger partial charge in [0.2, 0.25) is 0 Å². The lowest BCUT2D eigenvalue weighted by Crippen LogP contribution is -2.21. The highest BCUT2D eigenvalue weighted by Crippen LogP contribution is 2.31. The van der Waals surface area contributed by atoms with Gasteiger partial charge in [-0.2, -0.15) is 5.10 Å². The number of methoxy groups -OCH3 is 1. The molecular weight excluding hydrogens is 354 g/mol. The largest absolute Gasteiger partial charge is 0.497 e. The van der Waals surface area contributed by atoms with Gasteiger partial charge in [-0.25, -0.2) is 0 Å². The Labute approximate surface area is 138 Å². The summed E-state index contributed by atoms with van der Waals surface area (Å²) >= 11 is 9.96. The van der Waals surface area contributed by atoms with E-state index in [0.29, 0.717) is 0 Å². The second kappa shape index (κ2) is 6.81. The third-order valence-electron chi connectivity index (χ3n) is 3.59. The Balaban J connectivity index is 2.36. The van der Waals surface area contributed by atoms with Crippen LogP contribution in [0.3, 0.4) is 0 Å². The van der Waals surface area contributed by atoms with Gasteiger partial charge in [0.25, 0.3) is 0 Å². The molecule has 0 saturated carbocycles. The minimum Gasteiger partial charge on any atom is -0.497 e. The van der Waals surface area contributed by atoms with Crippen molar-refractivity contribution in [3.8, 4) is 5.75 Å². The van der Waals surface area contributed by atoms with Gasteiger partial charge in [0.15, 0.2) is 0 Å². The molecule has 0 amide bonds. The first-order chi connectivity index (χ1) is 9.97. The maximum Gasteiger partial charge on any atom is 0.119 e. The molecule has 1 aromatic carbocycles. The highest BCUT2D eigenvalue weighted by atomic mass is 79.9. The van der Waals surface area contributed by atoms with Crippen molar-refractivity contribution < 1.29 is 4.74 Å². The fourth-order valence-electron chi connectivity index (χ4n) is 2.38. The van der Waals surface area contributed by atoms with Crippen molar-refractivity contribution in [2.24, 2.45) is 7.05 Å². The Kier molecular flexibility index (Phi) is 5.30. The van der Waals surface area contributed by atoms with Crippen molar-refractivity contribution >= 4 is 27.5 Å². The Morgan fingerprint density at radius 2 is 2.19 bits per heavy atom. The van der Waals surface area contributed by atoms with E-state index in [2.05, 4.69) is 26.3 Å². The monoisotopic (exact) mass is 371 g/mol. The van der Waals surface area contributed by atoms with Gasteiger partial charge in [-0.15, -0.1) is 0 Å². The van der Waals surface area contributed by atoms with E-state index in [4.69, 9.17) is 16.3 Å². The molecule has 0 radical (unpaired) electrons. The predicted octanol–water partition coefficient (Wildman–Crippen LogP) is 3.66. The number of halogens is 2. The molecule has 4 nitrogen and oxygen atoms in total. The fraction of sp³-hybridized carbons (Fsp3) is 0.400. The normalized spacial score (nSPS) is 12.5. The minimum atomic E-state index is 0.113.